The van der Waals surface area contributed by atoms with Crippen LogP contribution in [-0.4, -0.2) is 48.9 Å². The van der Waals surface area contributed by atoms with Crippen LogP contribution in [0.1, 0.15) is 19.8 Å². The Morgan fingerprint density at radius 3 is 2.36 bits per heavy atom. The third-order valence-corrected chi connectivity index (χ3v) is 1.88. The summed E-state index contributed by atoms with van der Waals surface area (Å²) in [6, 6.07) is 0. The second-order valence-electron chi connectivity index (χ2n) is 3.36. The van der Waals surface area contributed by atoms with Crippen molar-refractivity contribution in [1.29, 1.82) is 0 Å². The Bertz CT molecular complexity index is 237. The van der Waals surface area contributed by atoms with Crippen molar-refractivity contribution >= 4 is 10.4 Å². The Morgan fingerprint density at radius 2 is 2.07 bits per heavy atom. The highest BCUT2D eigenvalue weighted by atomic mass is 32.3. The molecule has 0 amide bonds. The van der Waals surface area contributed by atoms with Crippen LogP contribution in [-0.2, 0) is 15.2 Å². The summed E-state index contributed by atoms with van der Waals surface area (Å²) >= 11 is 0. The Labute approximate surface area is 84.6 Å². The summed E-state index contributed by atoms with van der Waals surface area (Å²) in [6.07, 6.45) is 2.45. The first-order valence-corrected chi connectivity index (χ1v) is 5.81. The summed E-state index contributed by atoms with van der Waals surface area (Å²) in [6.45, 7) is 5.52. The van der Waals surface area contributed by atoms with Gasteiger partial charge in [-0.1, -0.05) is 6.92 Å². The molecule has 1 rings (SSSR count). The molecule has 0 aromatic carbocycles. The van der Waals surface area contributed by atoms with E-state index in [0.29, 0.717) is 0 Å². The Balaban J connectivity index is 0.000000292. The molecule has 1 atom stereocenters. The molecule has 7 heteroatoms. The van der Waals surface area contributed by atoms with E-state index in [4.69, 9.17) is 22.4 Å². The SMILES string of the molecule is CCC[N+]1(C)CCCO1.O=S(=O)([O-])O. The highest BCUT2D eigenvalue weighted by molar-refractivity contribution is 7.79. The van der Waals surface area contributed by atoms with Crippen molar-refractivity contribution in [3.63, 3.8) is 0 Å². The Morgan fingerprint density at radius 1 is 1.57 bits per heavy atom. The fourth-order valence-electron chi connectivity index (χ4n) is 1.40. The molecule has 0 aliphatic carbocycles. The average molecular weight is 227 g/mol. The van der Waals surface area contributed by atoms with Crippen LogP contribution in [0.4, 0.5) is 0 Å². The molecule has 0 bridgehead atoms. The van der Waals surface area contributed by atoms with Crippen molar-refractivity contribution in [3.8, 4) is 0 Å². The van der Waals surface area contributed by atoms with E-state index >= 15 is 0 Å². The molecule has 1 fully saturated rings. The van der Waals surface area contributed by atoms with Crippen molar-refractivity contribution in [1.82, 2.24) is 0 Å². The number of hydroxylamine groups is 3. The smallest absolute Gasteiger partial charge is 0.215 e. The number of hydrogen-bond donors (Lipinski definition) is 1. The highest BCUT2D eigenvalue weighted by Crippen LogP contribution is 2.13. The lowest BCUT2D eigenvalue weighted by Gasteiger charge is -2.24. The van der Waals surface area contributed by atoms with E-state index in [0.717, 1.165) is 11.3 Å². The zero-order chi connectivity index (χ0) is 11.2. The summed E-state index contributed by atoms with van der Waals surface area (Å²) in [5.41, 5.74) is 0. The van der Waals surface area contributed by atoms with Crippen LogP contribution in [0.25, 0.3) is 0 Å². The molecule has 1 heterocycles. The first-order chi connectivity index (χ1) is 6.27. The lowest BCUT2D eigenvalue weighted by atomic mass is 10.4. The molecule has 0 spiro atoms. The van der Waals surface area contributed by atoms with Gasteiger partial charge in [0.15, 0.2) is 0 Å². The Kier molecular flexibility index (Phi) is 5.53. The second kappa shape index (κ2) is 5.62. The molecule has 1 unspecified atom stereocenters. The van der Waals surface area contributed by atoms with Gasteiger partial charge in [0, 0.05) is 6.42 Å². The van der Waals surface area contributed by atoms with Crippen molar-refractivity contribution < 1.29 is 27.0 Å². The van der Waals surface area contributed by atoms with E-state index < -0.39 is 10.4 Å². The van der Waals surface area contributed by atoms with Gasteiger partial charge >= 0.3 is 0 Å². The number of rotatable bonds is 2. The molecule has 0 radical (unpaired) electrons. The topological polar surface area (TPSA) is 86.7 Å². The average Bonchev–Trinajstić information content (AvgIpc) is 2.33. The lowest BCUT2D eigenvalue weighted by molar-refractivity contribution is -1.08. The third kappa shape index (κ3) is 8.39. The molecule has 0 aromatic rings. The van der Waals surface area contributed by atoms with Gasteiger partial charge in [0.25, 0.3) is 0 Å². The fraction of sp³-hybridized carbons (Fsp3) is 1.00. The molecule has 1 aliphatic rings. The summed E-state index contributed by atoms with van der Waals surface area (Å²) in [5, 5.41) is 0. The second-order valence-corrected chi connectivity index (χ2v) is 4.21. The minimum Gasteiger partial charge on any atom is -0.726 e. The van der Waals surface area contributed by atoms with Crippen molar-refractivity contribution in [2.75, 3.05) is 26.7 Å². The molecule has 86 valence electrons. The van der Waals surface area contributed by atoms with Gasteiger partial charge < -0.3 is 4.55 Å². The van der Waals surface area contributed by atoms with Crippen molar-refractivity contribution in [3.05, 3.63) is 0 Å². The van der Waals surface area contributed by atoms with Gasteiger partial charge in [-0.15, -0.1) is 0 Å². The van der Waals surface area contributed by atoms with Gasteiger partial charge in [0.05, 0.1) is 7.05 Å². The Hall–Kier alpha value is -0.210. The molecule has 0 saturated carbocycles. The summed E-state index contributed by atoms with van der Waals surface area (Å²) in [4.78, 5) is 5.52. The number of quaternary nitrogens is 1. The van der Waals surface area contributed by atoms with E-state index in [9.17, 15) is 0 Å². The van der Waals surface area contributed by atoms with Gasteiger partial charge in [-0.3, -0.25) is 4.55 Å². The summed E-state index contributed by atoms with van der Waals surface area (Å²) in [5.74, 6) is 0. The lowest BCUT2D eigenvalue weighted by Crippen LogP contribution is -2.39. The third-order valence-electron chi connectivity index (χ3n) is 1.88. The van der Waals surface area contributed by atoms with E-state index in [1.54, 1.807) is 0 Å². The quantitative estimate of drug-likeness (QED) is 0.413. The van der Waals surface area contributed by atoms with Gasteiger partial charge in [-0.05, 0) is 6.42 Å². The first kappa shape index (κ1) is 13.8. The van der Waals surface area contributed by atoms with Gasteiger partial charge in [-0.2, -0.15) is 4.65 Å². The van der Waals surface area contributed by atoms with Crippen LogP contribution < -0.4 is 0 Å². The molecule has 1 aliphatic heterocycles. The summed E-state index contributed by atoms with van der Waals surface area (Å²) < 4.78 is 33.7. The van der Waals surface area contributed by atoms with Crippen LogP contribution in [0.15, 0.2) is 0 Å². The predicted molar refractivity (Wildman–Crippen MR) is 49.1 cm³/mol. The zero-order valence-electron chi connectivity index (χ0n) is 8.47. The van der Waals surface area contributed by atoms with Gasteiger partial charge in [0.1, 0.15) is 19.7 Å². The molecular weight excluding hydrogens is 210 g/mol. The van der Waals surface area contributed by atoms with Crippen molar-refractivity contribution in [2.45, 2.75) is 19.8 Å². The monoisotopic (exact) mass is 227 g/mol. The molecule has 1 saturated heterocycles. The zero-order valence-corrected chi connectivity index (χ0v) is 9.29. The predicted octanol–water partition coefficient (Wildman–Crippen LogP) is 0.183. The minimum atomic E-state index is -4.92. The fourth-order valence-corrected chi connectivity index (χ4v) is 1.40. The maximum absolute atomic E-state index is 8.63. The van der Waals surface area contributed by atoms with Crippen LogP contribution in [0.2, 0.25) is 0 Å². The largest absolute Gasteiger partial charge is 0.726 e. The van der Waals surface area contributed by atoms with Crippen LogP contribution in [0.5, 0.6) is 0 Å². The maximum Gasteiger partial charge on any atom is 0.215 e. The molecule has 14 heavy (non-hydrogen) atoms. The number of nitrogens with zero attached hydrogens (tertiary/aromatic N) is 1. The van der Waals surface area contributed by atoms with Crippen LogP contribution in [0.3, 0.4) is 0 Å². The molecule has 0 aromatic heterocycles. The van der Waals surface area contributed by atoms with Crippen LogP contribution >= 0.6 is 0 Å². The van der Waals surface area contributed by atoms with E-state index in [2.05, 4.69) is 14.0 Å². The first-order valence-electron chi connectivity index (χ1n) is 4.44. The van der Waals surface area contributed by atoms with Crippen molar-refractivity contribution in [2.24, 2.45) is 0 Å². The molecule has 1 N–H and O–H groups in total. The molecular formula is C7H17NO5S. The normalized spacial score (nSPS) is 26.9. The minimum absolute atomic E-state index is 0.844. The highest BCUT2D eigenvalue weighted by Gasteiger charge is 2.27. The van der Waals surface area contributed by atoms with E-state index in [1.165, 1.54) is 25.9 Å². The van der Waals surface area contributed by atoms with E-state index in [-0.39, 0.29) is 0 Å². The van der Waals surface area contributed by atoms with Gasteiger partial charge in [0.2, 0.25) is 10.4 Å². The standard InChI is InChI=1S/C7H16NO.H2O4S/c1-3-5-8(2)6-4-7-9-8;1-5(2,3)4/h3-7H2,1-2H3;(H2,1,2,3,4)/q+1;/p-1. The summed E-state index contributed by atoms with van der Waals surface area (Å²) in [7, 11) is -2.75. The van der Waals surface area contributed by atoms with Crippen LogP contribution in [0, 0.1) is 0 Å². The maximum atomic E-state index is 8.63. The van der Waals surface area contributed by atoms with E-state index in [1.807, 2.05) is 0 Å². The number of hydrogen-bond acceptors (Lipinski definition) is 4. The van der Waals surface area contributed by atoms with Gasteiger partial charge in [-0.25, -0.2) is 13.3 Å². The molecule has 6 nitrogen and oxygen atoms in total.